The van der Waals surface area contributed by atoms with Crippen molar-refractivity contribution in [3.8, 4) is 17.2 Å². The molecule has 6 heteroatoms. The summed E-state index contributed by atoms with van der Waals surface area (Å²) in [7, 11) is 4.63. The zero-order chi connectivity index (χ0) is 17.7. The van der Waals surface area contributed by atoms with Crippen LogP contribution < -0.4 is 19.5 Å². The van der Waals surface area contributed by atoms with Gasteiger partial charge in [-0.05, 0) is 19.1 Å². The molecular weight excluding hydrogens is 316 g/mol. The summed E-state index contributed by atoms with van der Waals surface area (Å²) in [5, 5.41) is 3.20. The van der Waals surface area contributed by atoms with Gasteiger partial charge in [-0.2, -0.15) is 0 Å². The van der Waals surface area contributed by atoms with Crippen LogP contribution in [0.2, 0.25) is 0 Å². The quantitative estimate of drug-likeness (QED) is 0.833. The van der Waals surface area contributed by atoms with E-state index in [1.807, 2.05) is 13.0 Å². The van der Waals surface area contributed by atoms with Crippen LogP contribution in [0.3, 0.4) is 0 Å². The monoisotopic (exact) mass is 337 g/mol. The third kappa shape index (κ3) is 3.76. The molecule has 130 valence electrons. The molecule has 0 aliphatic rings. The number of benzene rings is 2. The number of halogens is 2. The van der Waals surface area contributed by atoms with Crippen molar-refractivity contribution in [2.24, 2.45) is 0 Å². The highest BCUT2D eigenvalue weighted by Crippen LogP contribution is 2.39. The van der Waals surface area contributed by atoms with Crippen LogP contribution in [0.25, 0.3) is 0 Å². The maximum absolute atomic E-state index is 13.8. The van der Waals surface area contributed by atoms with Crippen molar-refractivity contribution in [2.45, 2.75) is 19.5 Å². The van der Waals surface area contributed by atoms with E-state index in [9.17, 15) is 8.78 Å². The van der Waals surface area contributed by atoms with E-state index in [-0.39, 0.29) is 6.04 Å². The zero-order valence-electron chi connectivity index (χ0n) is 14.2. The van der Waals surface area contributed by atoms with E-state index in [2.05, 4.69) is 5.32 Å². The molecule has 2 aromatic rings. The first-order valence-corrected chi connectivity index (χ1v) is 7.48. The lowest BCUT2D eigenvalue weighted by Crippen LogP contribution is -2.19. The number of nitrogens with one attached hydrogen (secondary N) is 1. The van der Waals surface area contributed by atoms with Gasteiger partial charge in [0.1, 0.15) is 11.6 Å². The van der Waals surface area contributed by atoms with E-state index in [1.165, 1.54) is 19.2 Å². The molecule has 0 fully saturated rings. The number of ether oxygens (including phenoxy) is 3. The van der Waals surface area contributed by atoms with Crippen molar-refractivity contribution in [3.05, 3.63) is 53.1 Å². The molecule has 0 radical (unpaired) electrons. The molecule has 0 amide bonds. The van der Waals surface area contributed by atoms with Gasteiger partial charge in [0.15, 0.2) is 11.5 Å². The second-order valence-electron chi connectivity index (χ2n) is 5.26. The van der Waals surface area contributed by atoms with Gasteiger partial charge in [0.25, 0.3) is 0 Å². The van der Waals surface area contributed by atoms with Crippen LogP contribution in [0, 0.1) is 11.6 Å². The van der Waals surface area contributed by atoms with Gasteiger partial charge in [0, 0.05) is 29.8 Å². The Bertz CT molecular complexity index is 707. The molecule has 1 atom stereocenters. The molecule has 0 bridgehead atoms. The molecule has 0 saturated carbocycles. The molecule has 0 aromatic heterocycles. The van der Waals surface area contributed by atoms with Crippen LogP contribution in [0.15, 0.2) is 30.3 Å². The molecule has 0 aliphatic carbocycles. The van der Waals surface area contributed by atoms with E-state index < -0.39 is 11.6 Å². The number of methoxy groups -OCH3 is 3. The Balaban J connectivity index is 2.19. The standard InChI is InChI=1S/C18H21F2NO3/c1-11(14-7-6-13(19)9-15(14)20)21-10-12-5-8-16(22-2)18(24-4)17(12)23-3/h5-9,11,21H,10H2,1-4H3/t11-/m1/s1. The average molecular weight is 337 g/mol. The molecule has 4 nitrogen and oxygen atoms in total. The van der Waals surface area contributed by atoms with Crippen molar-refractivity contribution < 1.29 is 23.0 Å². The Hall–Kier alpha value is -2.34. The maximum atomic E-state index is 13.8. The second kappa shape index (κ2) is 7.97. The van der Waals surface area contributed by atoms with E-state index in [4.69, 9.17) is 14.2 Å². The second-order valence-corrected chi connectivity index (χ2v) is 5.26. The van der Waals surface area contributed by atoms with Crippen LogP contribution in [0.4, 0.5) is 8.78 Å². The molecule has 0 heterocycles. The summed E-state index contributed by atoms with van der Waals surface area (Å²) in [6.07, 6.45) is 0. The predicted octanol–water partition coefficient (Wildman–Crippen LogP) is 3.84. The third-order valence-electron chi connectivity index (χ3n) is 3.81. The highest BCUT2D eigenvalue weighted by Gasteiger charge is 2.17. The first-order chi connectivity index (χ1) is 11.5. The van der Waals surface area contributed by atoms with Crippen molar-refractivity contribution in [3.63, 3.8) is 0 Å². The van der Waals surface area contributed by atoms with Gasteiger partial charge in [0.2, 0.25) is 5.75 Å². The lowest BCUT2D eigenvalue weighted by atomic mass is 10.1. The van der Waals surface area contributed by atoms with Gasteiger partial charge >= 0.3 is 0 Å². The smallest absolute Gasteiger partial charge is 0.203 e. The Morgan fingerprint density at radius 3 is 2.25 bits per heavy atom. The molecule has 0 spiro atoms. The lowest BCUT2D eigenvalue weighted by molar-refractivity contribution is 0.321. The molecule has 2 aromatic carbocycles. The lowest BCUT2D eigenvalue weighted by Gasteiger charge is -2.19. The molecule has 0 saturated heterocycles. The fraction of sp³-hybridized carbons (Fsp3) is 0.333. The van der Waals surface area contributed by atoms with Gasteiger partial charge < -0.3 is 19.5 Å². The summed E-state index contributed by atoms with van der Waals surface area (Å²) in [5.74, 6) is 0.450. The Kier molecular flexibility index (Phi) is 5.98. The minimum absolute atomic E-state index is 0.302. The van der Waals surface area contributed by atoms with Crippen molar-refractivity contribution in [2.75, 3.05) is 21.3 Å². The topological polar surface area (TPSA) is 39.7 Å². The third-order valence-corrected chi connectivity index (χ3v) is 3.81. The van der Waals surface area contributed by atoms with Crippen LogP contribution in [0.1, 0.15) is 24.1 Å². The first-order valence-electron chi connectivity index (χ1n) is 7.48. The zero-order valence-corrected chi connectivity index (χ0v) is 14.2. The summed E-state index contributed by atoms with van der Waals surface area (Å²) in [5.41, 5.74) is 1.24. The number of rotatable bonds is 7. The summed E-state index contributed by atoms with van der Waals surface area (Å²) in [6, 6.07) is 6.89. The predicted molar refractivity (Wildman–Crippen MR) is 87.7 cm³/mol. The van der Waals surface area contributed by atoms with Crippen molar-refractivity contribution in [1.29, 1.82) is 0 Å². The van der Waals surface area contributed by atoms with Gasteiger partial charge in [-0.1, -0.05) is 12.1 Å². The Morgan fingerprint density at radius 2 is 1.67 bits per heavy atom. The van der Waals surface area contributed by atoms with E-state index in [1.54, 1.807) is 20.3 Å². The van der Waals surface area contributed by atoms with E-state index in [0.717, 1.165) is 11.6 Å². The fourth-order valence-electron chi connectivity index (χ4n) is 2.53. The van der Waals surface area contributed by atoms with Crippen LogP contribution in [0.5, 0.6) is 17.2 Å². The minimum Gasteiger partial charge on any atom is -0.493 e. The molecule has 2 rings (SSSR count). The fourth-order valence-corrected chi connectivity index (χ4v) is 2.53. The van der Waals surface area contributed by atoms with Crippen LogP contribution >= 0.6 is 0 Å². The highest BCUT2D eigenvalue weighted by molar-refractivity contribution is 5.55. The molecular formula is C18H21F2NO3. The molecule has 0 unspecified atom stereocenters. The molecule has 1 N–H and O–H groups in total. The van der Waals surface area contributed by atoms with Gasteiger partial charge in [-0.25, -0.2) is 8.78 Å². The summed E-state index contributed by atoms with van der Waals surface area (Å²) in [4.78, 5) is 0. The van der Waals surface area contributed by atoms with Gasteiger partial charge in [-0.3, -0.25) is 0 Å². The van der Waals surface area contributed by atoms with E-state index >= 15 is 0 Å². The average Bonchev–Trinajstić information content (AvgIpc) is 2.58. The molecule has 24 heavy (non-hydrogen) atoms. The Labute approximate surface area is 140 Å². The first kappa shape index (κ1) is 18.0. The summed E-state index contributed by atoms with van der Waals surface area (Å²) in [6.45, 7) is 2.23. The van der Waals surface area contributed by atoms with Gasteiger partial charge in [-0.15, -0.1) is 0 Å². The Morgan fingerprint density at radius 1 is 0.958 bits per heavy atom. The van der Waals surface area contributed by atoms with Gasteiger partial charge in [0.05, 0.1) is 21.3 Å². The minimum atomic E-state index is -0.593. The highest BCUT2D eigenvalue weighted by atomic mass is 19.1. The van der Waals surface area contributed by atoms with Crippen molar-refractivity contribution >= 4 is 0 Å². The number of hydrogen-bond donors (Lipinski definition) is 1. The van der Waals surface area contributed by atoms with Crippen molar-refractivity contribution in [1.82, 2.24) is 5.32 Å². The molecule has 0 aliphatic heterocycles. The maximum Gasteiger partial charge on any atom is 0.203 e. The normalized spacial score (nSPS) is 11.9. The largest absolute Gasteiger partial charge is 0.493 e. The summed E-state index contributed by atoms with van der Waals surface area (Å²) < 4.78 is 42.9. The summed E-state index contributed by atoms with van der Waals surface area (Å²) >= 11 is 0. The number of hydrogen-bond acceptors (Lipinski definition) is 4. The SMILES string of the molecule is COc1ccc(CN[C@H](C)c2ccc(F)cc2F)c(OC)c1OC. The van der Waals surface area contributed by atoms with E-state index in [0.29, 0.717) is 29.4 Å². The van der Waals surface area contributed by atoms with Crippen LogP contribution in [-0.2, 0) is 6.54 Å². The van der Waals surface area contributed by atoms with Crippen LogP contribution in [-0.4, -0.2) is 21.3 Å².